The van der Waals surface area contributed by atoms with Gasteiger partial charge in [0.05, 0.1) is 23.8 Å². The zero-order valence-corrected chi connectivity index (χ0v) is 17.1. The molecular formula is C21H32N6O. The first-order chi connectivity index (χ1) is 13.5. The Morgan fingerprint density at radius 3 is 2.50 bits per heavy atom. The van der Waals surface area contributed by atoms with Crippen molar-refractivity contribution < 1.29 is 4.79 Å². The quantitative estimate of drug-likeness (QED) is 0.799. The summed E-state index contributed by atoms with van der Waals surface area (Å²) in [5.41, 5.74) is 7.99. The van der Waals surface area contributed by atoms with Crippen LogP contribution in [0.15, 0.2) is 36.5 Å². The summed E-state index contributed by atoms with van der Waals surface area (Å²) >= 11 is 0. The van der Waals surface area contributed by atoms with Crippen molar-refractivity contribution >= 4 is 6.03 Å². The molecule has 0 saturated carbocycles. The van der Waals surface area contributed by atoms with Crippen molar-refractivity contribution in [3.8, 4) is 0 Å². The summed E-state index contributed by atoms with van der Waals surface area (Å²) in [6.45, 7) is 7.59. The summed E-state index contributed by atoms with van der Waals surface area (Å²) in [7, 11) is 0. The molecule has 28 heavy (non-hydrogen) atoms. The van der Waals surface area contributed by atoms with Crippen LogP contribution in [0.3, 0.4) is 0 Å². The van der Waals surface area contributed by atoms with Crippen molar-refractivity contribution in [1.29, 1.82) is 0 Å². The molecular weight excluding hydrogens is 352 g/mol. The minimum absolute atomic E-state index is 0.00739. The highest BCUT2D eigenvalue weighted by molar-refractivity contribution is 5.74. The highest BCUT2D eigenvalue weighted by Gasteiger charge is 2.29. The lowest BCUT2D eigenvalue weighted by Crippen LogP contribution is -2.45. The third-order valence-corrected chi connectivity index (χ3v) is 6.05. The van der Waals surface area contributed by atoms with E-state index in [1.54, 1.807) is 0 Å². The molecule has 1 atom stereocenters. The van der Waals surface area contributed by atoms with Crippen molar-refractivity contribution in [2.24, 2.45) is 5.73 Å². The molecule has 1 aliphatic heterocycles. The van der Waals surface area contributed by atoms with Crippen molar-refractivity contribution in [2.45, 2.75) is 64.1 Å². The standard InChI is InChI=1S/C21H32N6O/c1-4-21(22,5-2)19-15-27(25-24-19)18-11-13-26(14-12-18)20(28)23-16(3)17-9-7-6-8-10-17/h6-10,15-16,18H,4-5,11-14,22H2,1-3H3,(H,23,28)/t16-/m0/s1. The van der Waals surface area contributed by atoms with Gasteiger partial charge in [0.1, 0.15) is 5.69 Å². The predicted molar refractivity (Wildman–Crippen MR) is 110 cm³/mol. The fourth-order valence-corrected chi connectivity index (χ4v) is 3.73. The summed E-state index contributed by atoms with van der Waals surface area (Å²) in [6, 6.07) is 10.3. The molecule has 0 bridgehead atoms. The Morgan fingerprint density at radius 2 is 1.89 bits per heavy atom. The lowest BCUT2D eigenvalue weighted by atomic mass is 9.91. The average molecular weight is 385 g/mol. The molecule has 1 aliphatic rings. The molecule has 0 spiro atoms. The van der Waals surface area contributed by atoms with Gasteiger partial charge < -0.3 is 16.0 Å². The van der Waals surface area contributed by atoms with Crippen LogP contribution in [0.5, 0.6) is 0 Å². The molecule has 1 aromatic carbocycles. The zero-order valence-electron chi connectivity index (χ0n) is 17.1. The van der Waals surface area contributed by atoms with E-state index in [9.17, 15) is 4.79 Å². The monoisotopic (exact) mass is 384 g/mol. The fourth-order valence-electron chi connectivity index (χ4n) is 3.73. The van der Waals surface area contributed by atoms with Gasteiger partial charge in [0.25, 0.3) is 0 Å². The number of aromatic nitrogens is 3. The number of amides is 2. The number of nitrogens with zero attached hydrogens (tertiary/aromatic N) is 4. The van der Waals surface area contributed by atoms with E-state index in [4.69, 9.17) is 5.73 Å². The Bertz CT molecular complexity index is 762. The van der Waals surface area contributed by atoms with Crippen LogP contribution in [0.2, 0.25) is 0 Å². The van der Waals surface area contributed by atoms with Crippen LogP contribution in [0.1, 0.15) is 69.8 Å². The van der Waals surface area contributed by atoms with Gasteiger partial charge in [-0.25, -0.2) is 9.48 Å². The summed E-state index contributed by atoms with van der Waals surface area (Å²) in [5.74, 6) is 0. The molecule has 2 amide bonds. The van der Waals surface area contributed by atoms with E-state index in [2.05, 4.69) is 29.5 Å². The second kappa shape index (κ2) is 8.73. The predicted octanol–water partition coefficient (Wildman–Crippen LogP) is 3.36. The second-order valence-corrected chi connectivity index (χ2v) is 7.75. The van der Waals surface area contributed by atoms with Crippen molar-refractivity contribution in [3.05, 3.63) is 47.8 Å². The number of hydrogen-bond acceptors (Lipinski definition) is 4. The fraction of sp³-hybridized carbons (Fsp3) is 0.571. The molecule has 1 saturated heterocycles. The molecule has 2 aromatic rings. The first kappa shape index (κ1) is 20.3. The lowest BCUT2D eigenvalue weighted by molar-refractivity contribution is 0.165. The Labute approximate surface area is 167 Å². The van der Waals surface area contributed by atoms with Gasteiger partial charge in [0, 0.05) is 13.1 Å². The SMILES string of the molecule is CCC(N)(CC)c1cn(C2CCN(C(=O)N[C@@H](C)c3ccccc3)CC2)nn1. The van der Waals surface area contributed by atoms with Gasteiger partial charge in [-0.05, 0) is 38.2 Å². The Morgan fingerprint density at radius 1 is 1.25 bits per heavy atom. The van der Waals surface area contributed by atoms with Crippen molar-refractivity contribution in [3.63, 3.8) is 0 Å². The molecule has 7 heteroatoms. The molecule has 0 radical (unpaired) electrons. The average Bonchev–Trinajstić information content (AvgIpc) is 3.25. The smallest absolute Gasteiger partial charge is 0.317 e. The van der Waals surface area contributed by atoms with Gasteiger partial charge in [-0.2, -0.15) is 0 Å². The largest absolute Gasteiger partial charge is 0.331 e. The number of nitrogens with two attached hydrogens (primary N) is 1. The van der Waals surface area contributed by atoms with Crippen LogP contribution in [0, 0.1) is 0 Å². The Hall–Kier alpha value is -2.41. The number of benzene rings is 1. The van der Waals surface area contributed by atoms with Gasteiger partial charge in [-0.1, -0.05) is 49.4 Å². The number of hydrogen-bond donors (Lipinski definition) is 2. The van der Waals surface area contributed by atoms with Gasteiger partial charge >= 0.3 is 6.03 Å². The number of urea groups is 1. The first-order valence-electron chi connectivity index (χ1n) is 10.3. The van der Waals surface area contributed by atoms with Crippen LogP contribution in [-0.4, -0.2) is 39.0 Å². The lowest BCUT2D eigenvalue weighted by Gasteiger charge is -2.32. The van der Waals surface area contributed by atoms with E-state index < -0.39 is 5.54 Å². The minimum Gasteiger partial charge on any atom is -0.331 e. The second-order valence-electron chi connectivity index (χ2n) is 7.75. The van der Waals surface area contributed by atoms with Gasteiger partial charge in [-0.15, -0.1) is 5.10 Å². The molecule has 1 fully saturated rings. The van der Waals surface area contributed by atoms with Crippen LogP contribution < -0.4 is 11.1 Å². The molecule has 3 rings (SSSR count). The first-order valence-corrected chi connectivity index (χ1v) is 10.3. The van der Waals surface area contributed by atoms with Crippen LogP contribution in [-0.2, 0) is 5.54 Å². The van der Waals surface area contributed by atoms with Gasteiger partial charge in [0.2, 0.25) is 0 Å². The van der Waals surface area contributed by atoms with E-state index >= 15 is 0 Å². The summed E-state index contributed by atoms with van der Waals surface area (Å²) in [5, 5.41) is 11.8. The molecule has 1 aromatic heterocycles. The van der Waals surface area contributed by atoms with Crippen LogP contribution in [0.25, 0.3) is 0 Å². The van der Waals surface area contributed by atoms with Crippen molar-refractivity contribution in [1.82, 2.24) is 25.2 Å². The van der Waals surface area contributed by atoms with Gasteiger partial charge in [-0.3, -0.25) is 0 Å². The number of likely N-dealkylation sites (tertiary alicyclic amines) is 1. The van der Waals surface area contributed by atoms with Crippen molar-refractivity contribution in [2.75, 3.05) is 13.1 Å². The molecule has 3 N–H and O–H groups in total. The van der Waals surface area contributed by atoms with Gasteiger partial charge in [0.15, 0.2) is 0 Å². The maximum absolute atomic E-state index is 12.6. The maximum atomic E-state index is 12.6. The molecule has 2 heterocycles. The molecule has 0 unspecified atom stereocenters. The molecule has 152 valence electrons. The third kappa shape index (κ3) is 4.35. The van der Waals surface area contributed by atoms with E-state index in [-0.39, 0.29) is 18.1 Å². The number of carbonyl (C=O) groups excluding carboxylic acids is 1. The summed E-state index contributed by atoms with van der Waals surface area (Å²) in [6.07, 6.45) is 5.39. The summed E-state index contributed by atoms with van der Waals surface area (Å²) in [4.78, 5) is 14.5. The van der Waals surface area contributed by atoms with E-state index in [1.165, 1.54) is 0 Å². The minimum atomic E-state index is -0.410. The molecule has 0 aliphatic carbocycles. The highest BCUT2D eigenvalue weighted by Crippen LogP contribution is 2.27. The number of rotatable bonds is 6. The zero-order chi connectivity index (χ0) is 20.1. The third-order valence-electron chi connectivity index (χ3n) is 6.05. The Balaban J connectivity index is 1.54. The van der Waals surface area contributed by atoms with E-state index in [0.717, 1.165) is 36.9 Å². The normalized spacial score (nSPS) is 16.8. The maximum Gasteiger partial charge on any atom is 0.317 e. The number of carbonyl (C=O) groups is 1. The summed E-state index contributed by atoms with van der Waals surface area (Å²) < 4.78 is 1.93. The number of nitrogens with one attached hydrogen (secondary N) is 1. The van der Waals surface area contributed by atoms with E-state index in [1.807, 2.05) is 53.0 Å². The van der Waals surface area contributed by atoms with Crippen LogP contribution in [0.4, 0.5) is 4.79 Å². The Kier molecular flexibility index (Phi) is 6.34. The highest BCUT2D eigenvalue weighted by atomic mass is 16.2. The topological polar surface area (TPSA) is 89.1 Å². The number of piperidine rings is 1. The van der Waals surface area contributed by atoms with Crippen LogP contribution >= 0.6 is 0 Å². The van der Waals surface area contributed by atoms with E-state index in [0.29, 0.717) is 13.1 Å². The molecule has 7 nitrogen and oxygen atoms in total.